The molecule has 35 heavy (non-hydrogen) atoms. The number of aromatic nitrogens is 3. The molecule has 0 N–H and O–H groups in total. The molecule has 8 nitrogen and oxygen atoms in total. The van der Waals surface area contributed by atoms with E-state index in [2.05, 4.69) is 36.5 Å². The van der Waals surface area contributed by atoms with Crippen LogP contribution in [0.25, 0.3) is 22.4 Å². The van der Waals surface area contributed by atoms with E-state index in [4.69, 9.17) is 14.2 Å². The number of fused-ring (bicyclic) bond motifs is 3. The highest BCUT2D eigenvalue weighted by Crippen LogP contribution is 2.46. The zero-order valence-corrected chi connectivity index (χ0v) is 20.8. The van der Waals surface area contributed by atoms with Crippen LogP contribution in [0.3, 0.4) is 0 Å². The SMILES string of the molecule is CCOC(=O)c1cn2c(cc1=O)-c1cc(OC)c(-c3cnn(C4COC4)c3)cc1CC2C(C)(C)C. The molecular formula is C27H31N3O5. The summed E-state index contributed by atoms with van der Waals surface area (Å²) >= 11 is 0. The monoisotopic (exact) mass is 477 g/mol. The van der Waals surface area contributed by atoms with Crippen molar-refractivity contribution >= 4 is 5.97 Å². The number of hydrogen-bond acceptors (Lipinski definition) is 6. The summed E-state index contributed by atoms with van der Waals surface area (Å²) in [5.74, 6) is 0.115. The molecule has 1 aromatic carbocycles. The second kappa shape index (κ2) is 8.68. The van der Waals surface area contributed by atoms with Crippen molar-refractivity contribution in [2.75, 3.05) is 26.9 Å². The molecule has 1 fully saturated rings. The Labute approximate surface area is 204 Å². The lowest BCUT2D eigenvalue weighted by molar-refractivity contribution is -0.0286. The number of esters is 1. The molecule has 2 aliphatic heterocycles. The van der Waals surface area contributed by atoms with Gasteiger partial charge in [0, 0.05) is 41.2 Å². The normalized spacial score (nSPS) is 17.3. The number of nitrogens with zero attached hydrogens (tertiary/aromatic N) is 3. The molecular weight excluding hydrogens is 446 g/mol. The van der Waals surface area contributed by atoms with Crippen LogP contribution in [0.15, 0.2) is 41.6 Å². The summed E-state index contributed by atoms with van der Waals surface area (Å²) in [5, 5.41) is 4.54. The summed E-state index contributed by atoms with van der Waals surface area (Å²) in [6, 6.07) is 6.00. The van der Waals surface area contributed by atoms with E-state index in [0.29, 0.717) is 19.0 Å². The van der Waals surface area contributed by atoms with Gasteiger partial charge in [0.05, 0.1) is 44.9 Å². The van der Waals surface area contributed by atoms with Gasteiger partial charge in [-0.25, -0.2) is 4.79 Å². The van der Waals surface area contributed by atoms with E-state index < -0.39 is 5.97 Å². The summed E-state index contributed by atoms with van der Waals surface area (Å²) in [5.41, 5.74) is 4.36. The first kappa shape index (κ1) is 23.4. The molecule has 1 atom stereocenters. The summed E-state index contributed by atoms with van der Waals surface area (Å²) in [6.07, 6.45) is 6.31. The molecule has 2 aliphatic rings. The van der Waals surface area contributed by atoms with Crippen LogP contribution < -0.4 is 10.2 Å². The molecule has 0 spiro atoms. The van der Waals surface area contributed by atoms with Crippen LogP contribution >= 0.6 is 0 Å². The number of rotatable bonds is 5. The fourth-order valence-electron chi connectivity index (χ4n) is 4.89. The molecule has 4 heterocycles. The first-order valence-electron chi connectivity index (χ1n) is 12.0. The predicted molar refractivity (Wildman–Crippen MR) is 132 cm³/mol. The second-order valence-electron chi connectivity index (χ2n) is 10.3. The third kappa shape index (κ3) is 4.05. The van der Waals surface area contributed by atoms with Gasteiger partial charge in [0.1, 0.15) is 11.3 Å². The van der Waals surface area contributed by atoms with Crippen LogP contribution in [0.4, 0.5) is 0 Å². The van der Waals surface area contributed by atoms with Crippen LogP contribution in [0.1, 0.15) is 55.7 Å². The standard InChI is InChI=1S/C27H31N3O5/c1-6-35-26(32)21-13-29-22(10-23(21)31)19-9-24(33-5)20(7-16(19)8-25(29)27(2,3)4)17-11-28-30(12-17)18-14-34-15-18/h7,9-13,18,25H,6,8,14-15H2,1-5H3. The van der Waals surface area contributed by atoms with Crippen molar-refractivity contribution in [3.8, 4) is 28.1 Å². The Morgan fingerprint density at radius 2 is 1.94 bits per heavy atom. The first-order chi connectivity index (χ1) is 16.7. The van der Waals surface area contributed by atoms with E-state index in [1.165, 1.54) is 0 Å². The Hall–Kier alpha value is -3.39. The molecule has 1 saturated heterocycles. The van der Waals surface area contributed by atoms with Crippen molar-refractivity contribution in [2.45, 2.75) is 46.2 Å². The Balaban J connectivity index is 1.66. The van der Waals surface area contributed by atoms with Gasteiger partial charge >= 0.3 is 5.97 Å². The maximum atomic E-state index is 13.0. The van der Waals surface area contributed by atoms with Crippen LogP contribution in [-0.2, 0) is 15.9 Å². The van der Waals surface area contributed by atoms with E-state index in [0.717, 1.165) is 34.4 Å². The predicted octanol–water partition coefficient (Wildman–Crippen LogP) is 4.28. The highest BCUT2D eigenvalue weighted by Gasteiger charge is 2.34. The van der Waals surface area contributed by atoms with Gasteiger partial charge in [0.2, 0.25) is 0 Å². The Bertz CT molecular complexity index is 1340. The average molecular weight is 478 g/mol. The number of pyridine rings is 1. The Kier molecular flexibility index (Phi) is 5.79. The number of hydrogen-bond donors (Lipinski definition) is 0. The van der Waals surface area contributed by atoms with Gasteiger partial charge in [-0.2, -0.15) is 5.10 Å². The molecule has 0 bridgehead atoms. The summed E-state index contributed by atoms with van der Waals surface area (Å²) in [4.78, 5) is 25.4. The molecule has 0 saturated carbocycles. The molecule has 8 heteroatoms. The molecule has 2 aromatic heterocycles. The minimum Gasteiger partial charge on any atom is -0.496 e. The number of benzene rings is 1. The highest BCUT2D eigenvalue weighted by atomic mass is 16.5. The third-order valence-corrected chi connectivity index (χ3v) is 6.93. The topological polar surface area (TPSA) is 84.6 Å². The van der Waals surface area contributed by atoms with Gasteiger partial charge in [-0.05, 0) is 36.5 Å². The van der Waals surface area contributed by atoms with Crippen molar-refractivity contribution in [1.82, 2.24) is 14.3 Å². The van der Waals surface area contributed by atoms with Crippen LogP contribution in [-0.4, -0.2) is 47.2 Å². The second-order valence-corrected chi connectivity index (χ2v) is 10.3. The minimum atomic E-state index is -0.590. The molecule has 0 amide bonds. The summed E-state index contributed by atoms with van der Waals surface area (Å²) in [6.45, 7) is 9.81. The Morgan fingerprint density at radius 1 is 1.17 bits per heavy atom. The van der Waals surface area contributed by atoms with Gasteiger partial charge in [-0.15, -0.1) is 0 Å². The largest absolute Gasteiger partial charge is 0.496 e. The molecule has 0 radical (unpaired) electrons. The summed E-state index contributed by atoms with van der Waals surface area (Å²) < 4.78 is 20.2. The zero-order valence-electron chi connectivity index (χ0n) is 20.8. The number of methoxy groups -OCH3 is 1. The summed E-state index contributed by atoms with van der Waals surface area (Å²) in [7, 11) is 1.65. The fourth-order valence-corrected chi connectivity index (χ4v) is 4.89. The van der Waals surface area contributed by atoms with Crippen LogP contribution in [0.2, 0.25) is 0 Å². The highest BCUT2D eigenvalue weighted by molar-refractivity contribution is 5.89. The van der Waals surface area contributed by atoms with E-state index in [9.17, 15) is 9.59 Å². The van der Waals surface area contributed by atoms with Crippen LogP contribution in [0, 0.1) is 5.41 Å². The lowest BCUT2D eigenvalue weighted by Gasteiger charge is -2.39. The zero-order chi connectivity index (χ0) is 24.9. The maximum Gasteiger partial charge on any atom is 0.343 e. The number of ether oxygens (including phenoxy) is 3. The van der Waals surface area contributed by atoms with Crippen molar-refractivity contribution in [2.24, 2.45) is 5.41 Å². The quantitative estimate of drug-likeness (QED) is 0.510. The lowest BCUT2D eigenvalue weighted by Crippen LogP contribution is -2.33. The fraction of sp³-hybridized carbons (Fsp3) is 0.444. The van der Waals surface area contributed by atoms with E-state index in [1.54, 1.807) is 26.3 Å². The van der Waals surface area contributed by atoms with Crippen molar-refractivity contribution in [3.63, 3.8) is 0 Å². The molecule has 5 rings (SSSR count). The number of carbonyl (C=O) groups excluding carboxylic acids is 1. The van der Waals surface area contributed by atoms with Crippen molar-refractivity contribution in [3.05, 3.63) is 58.1 Å². The van der Waals surface area contributed by atoms with Gasteiger partial charge in [0.15, 0.2) is 5.43 Å². The van der Waals surface area contributed by atoms with E-state index >= 15 is 0 Å². The van der Waals surface area contributed by atoms with Gasteiger partial charge in [0.25, 0.3) is 0 Å². The van der Waals surface area contributed by atoms with Gasteiger partial charge in [-0.1, -0.05) is 20.8 Å². The Morgan fingerprint density at radius 3 is 2.57 bits per heavy atom. The first-order valence-corrected chi connectivity index (χ1v) is 12.0. The van der Waals surface area contributed by atoms with Gasteiger partial charge < -0.3 is 18.8 Å². The molecule has 3 aromatic rings. The average Bonchev–Trinajstić information content (AvgIpc) is 3.24. The van der Waals surface area contributed by atoms with Crippen molar-refractivity contribution in [1.29, 1.82) is 0 Å². The molecule has 0 aliphatic carbocycles. The smallest absolute Gasteiger partial charge is 0.343 e. The lowest BCUT2D eigenvalue weighted by atomic mass is 9.78. The third-order valence-electron chi connectivity index (χ3n) is 6.93. The molecule has 184 valence electrons. The molecule has 1 unspecified atom stereocenters. The van der Waals surface area contributed by atoms with E-state index in [-0.39, 0.29) is 35.1 Å². The maximum absolute atomic E-state index is 13.0. The van der Waals surface area contributed by atoms with Gasteiger partial charge in [-0.3, -0.25) is 9.48 Å². The minimum absolute atomic E-state index is 0.0369. The van der Waals surface area contributed by atoms with Crippen LogP contribution in [0.5, 0.6) is 5.75 Å². The van der Waals surface area contributed by atoms with Crippen molar-refractivity contribution < 1.29 is 19.0 Å². The number of carbonyl (C=O) groups is 1. The van der Waals surface area contributed by atoms with E-state index in [1.807, 2.05) is 23.1 Å².